The van der Waals surface area contributed by atoms with Gasteiger partial charge in [-0.25, -0.2) is 4.99 Å². The number of hydrogen-bond donors (Lipinski definition) is 2. The Kier molecular flexibility index (Phi) is 12.0. The molecule has 2 aliphatic heterocycles. The third-order valence-corrected chi connectivity index (χ3v) is 5.61. The molecule has 0 unspecified atom stereocenters. The third kappa shape index (κ3) is 9.05. The summed E-state index contributed by atoms with van der Waals surface area (Å²) < 4.78 is 5.41. The summed E-state index contributed by atoms with van der Waals surface area (Å²) in [6.45, 7) is 15.0. The molecule has 2 saturated heterocycles. The first-order chi connectivity index (χ1) is 14.2. The van der Waals surface area contributed by atoms with Crippen LogP contribution in [0.5, 0.6) is 0 Å². The first kappa shape index (κ1) is 25.3. The average molecular weight is 530 g/mol. The molecule has 0 saturated carbocycles. The number of nitrogens with zero attached hydrogens (tertiary/aromatic N) is 4. The molecule has 2 fully saturated rings. The second-order valence-corrected chi connectivity index (χ2v) is 7.97. The molecule has 3 rings (SSSR count). The molecule has 1 aromatic carbocycles. The van der Waals surface area contributed by atoms with Crippen molar-refractivity contribution in [3.63, 3.8) is 0 Å². The van der Waals surface area contributed by atoms with Crippen molar-refractivity contribution >= 4 is 29.9 Å². The third-order valence-electron chi connectivity index (χ3n) is 5.61. The largest absolute Gasteiger partial charge is 0.379 e. The summed E-state index contributed by atoms with van der Waals surface area (Å²) in [7, 11) is 2.20. The van der Waals surface area contributed by atoms with Crippen LogP contribution in [0.25, 0.3) is 0 Å². The second kappa shape index (κ2) is 14.2. The van der Waals surface area contributed by atoms with Crippen LogP contribution in [0.4, 0.5) is 0 Å². The Balaban J connectivity index is 0.00000320. The molecule has 0 spiro atoms. The van der Waals surface area contributed by atoms with Crippen molar-refractivity contribution in [3.8, 4) is 0 Å². The lowest BCUT2D eigenvalue weighted by Crippen LogP contribution is -2.44. The van der Waals surface area contributed by atoms with Gasteiger partial charge in [0.25, 0.3) is 0 Å². The molecule has 170 valence electrons. The highest BCUT2D eigenvalue weighted by atomic mass is 127. The van der Waals surface area contributed by atoms with Gasteiger partial charge >= 0.3 is 0 Å². The predicted octanol–water partition coefficient (Wildman–Crippen LogP) is 1.44. The number of benzene rings is 1. The van der Waals surface area contributed by atoms with Crippen molar-refractivity contribution in [2.24, 2.45) is 4.99 Å². The van der Waals surface area contributed by atoms with E-state index in [0.717, 1.165) is 71.5 Å². The molecule has 2 aliphatic rings. The number of rotatable bonds is 8. The smallest absolute Gasteiger partial charge is 0.191 e. The summed E-state index contributed by atoms with van der Waals surface area (Å²) in [5, 5.41) is 6.80. The highest BCUT2D eigenvalue weighted by molar-refractivity contribution is 14.0. The lowest BCUT2D eigenvalue weighted by molar-refractivity contribution is 0.0389. The van der Waals surface area contributed by atoms with Gasteiger partial charge in [-0.3, -0.25) is 9.80 Å². The topological polar surface area (TPSA) is 55.4 Å². The molecular formula is C22H39IN6O. The van der Waals surface area contributed by atoms with E-state index in [4.69, 9.17) is 9.73 Å². The van der Waals surface area contributed by atoms with Crippen LogP contribution < -0.4 is 10.6 Å². The van der Waals surface area contributed by atoms with Gasteiger partial charge in [-0.1, -0.05) is 24.3 Å². The molecule has 0 bridgehead atoms. The second-order valence-electron chi connectivity index (χ2n) is 7.97. The molecule has 7 nitrogen and oxygen atoms in total. The fraction of sp³-hybridized carbons (Fsp3) is 0.682. The number of likely N-dealkylation sites (N-methyl/N-ethyl adjacent to an activating group) is 1. The highest BCUT2D eigenvalue weighted by Crippen LogP contribution is 2.10. The summed E-state index contributed by atoms with van der Waals surface area (Å²) >= 11 is 0. The van der Waals surface area contributed by atoms with Gasteiger partial charge in [-0.15, -0.1) is 24.0 Å². The first-order valence-electron chi connectivity index (χ1n) is 11.0. The van der Waals surface area contributed by atoms with E-state index < -0.39 is 0 Å². The summed E-state index contributed by atoms with van der Waals surface area (Å²) in [6.07, 6.45) is 0. The Morgan fingerprint density at radius 3 is 2.27 bits per heavy atom. The molecule has 0 aliphatic carbocycles. The standard InChI is InChI=1S/C22H38N6O.HI/c1-3-23-22(24-8-9-27-14-16-29-17-15-27)25-18-20-4-6-21(7-5-20)19-28-12-10-26(2)11-13-28;/h4-7H,3,8-19H2,1-2H3,(H2,23,24,25);1H. The SMILES string of the molecule is CCNC(=NCc1ccc(CN2CCN(C)CC2)cc1)NCCN1CCOCC1.I. The Bertz CT molecular complexity index is 613. The molecule has 0 aromatic heterocycles. The van der Waals surface area contributed by atoms with Crippen molar-refractivity contribution in [1.82, 2.24) is 25.3 Å². The quantitative estimate of drug-likeness (QED) is 0.302. The van der Waals surface area contributed by atoms with Crippen molar-refractivity contribution < 1.29 is 4.74 Å². The number of aliphatic imine (C=N–C) groups is 1. The maximum atomic E-state index is 5.41. The van der Waals surface area contributed by atoms with Gasteiger partial charge in [0.15, 0.2) is 5.96 Å². The molecular weight excluding hydrogens is 491 g/mol. The van der Waals surface area contributed by atoms with E-state index in [1.54, 1.807) is 0 Å². The highest BCUT2D eigenvalue weighted by Gasteiger charge is 2.13. The van der Waals surface area contributed by atoms with E-state index in [0.29, 0.717) is 6.54 Å². The Labute approximate surface area is 199 Å². The van der Waals surface area contributed by atoms with Gasteiger partial charge in [0, 0.05) is 65.4 Å². The summed E-state index contributed by atoms with van der Waals surface area (Å²) in [5.74, 6) is 0.891. The number of ether oxygens (including phenoxy) is 1. The fourth-order valence-corrected chi connectivity index (χ4v) is 3.68. The molecule has 30 heavy (non-hydrogen) atoms. The minimum absolute atomic E-state index is 0. The van der Waals surface area contributed by atoms with E-state index in [1.807, 2.05) is 0 Å². The summed E-state index contributed by atoms with van der Waals surface area (Å²) in [5.41, 5.74) is 2.63. The Morgan fingerprint density at radius 1 is 0.933 bits per heavy atom. The van der Waals surface area contributed by atoms with E-state index in [1.165, 1.54) is 24.2 Å². The van der Waals surface area contributed by atoms with Crippen LogP contribution in [0.3, 0.4) is 0 Å². The lowest BCUT2D eigenvalue weighted by atomic mass is 10.1. The van der Waals surface area contributed by atoms with Gasteiger partial charge in [0.2, 0.25) is 0 Å². The summed E-state index contributed by atoms with van der Waals surface area (Å²) in [4.78, 5) is 12.1. The summed E-state index contributed by atoms with van der Waals surface area (Å²) in [6, 6.07) is 8.93. The number of halogens is 1. The molecule has 8 heteroatoms. The first-order valence-corrected chi connectivity index (χ1v) is 11.0. The van der Waals surface area contributed by atoms with Crippen LogP contribution in [0, 0.1) is 0 Å². The molecule has 0 radical (unpaired) electrons. The monoisotopic (exact) mass is 530 g/mol. The predicted molar refractivity (Wildman–Crippen MR) is 135 cm³/mol. The fourth-order valence-electron chi connectivity index (χ4n) is 3.68. The maximum absolute atomic E-state index is 5.41. The van der Waals surface area contributed by atoms with E-state index in [9.17, 15) is 0 Å². The molecule has 0 atom stereocenters. The van der Waals surface area contributed by atoms with Gasteiger partial charge in [-0.05, 0) is 25.1 Å². The zero-order valence-electron chi connectivity index (χ0n) is 18.6. The van der Waals surface area contributed by atoms with Gasteiger partial charge < -0.3 is 20.3 Å². The van der Waals surface area contributed by atoms with Crippen LogP contribution in [0.15, 0.2) is 29.3 Å². The zero-order valence-corrected chi connectivity index (χ0v) is 20.9. The molecule has 0 amide bonds. The zero-order chi connectivity index (χ0) is 20.3. The van der Waals surface area contributed by atoms with Crippen molar-refractivity contribution in [1.29, 1.82) is 0 Å². The maximum Gasteiger partial charge on any atom is 0.191 e. The number of guanidine groups is 1. The van der Waals surface area contributed by atoms with Crippen LogP contribution in [0.2, 0.25) is 0 Å². The van der Waals surface area contributed by atoms with Crippen LogP contribution in [-0.2, 0) is 17.8 Å². The van der Waals surface area contributed by atoms with Crippen LogP contribution >= 0.6 is 24.0 Å². The van der Waals surface area contributed by atoms with Crippen LogP contribution in [0.1, 0.15) is 18.1 Å². The molecule has 1 aromatic rings. The number of morpholine rings is 1. The van der Waals surface area contributed by atoms with E-state index in [-0.39, 0.29) is 24.0 Å². The van der Waals surface area contributed by atoms with Gasteiger partial charge in [0.05, 0.1) is 19.8 Å². The van der Waals surface area contributed by atoms with Gasteiger partial charge in [0.1, 0.15) is 0 Å². The van der Waals surface area contributed by atoms with Gasteiger partial charge in [-0.2, -0.15) is 0 Å². The van der Waals surface area contributed by atoms with Crippen molar-refractivity contribution in [2.75, 3.05) is 79.2 Å². The Hall–Kier alpha value is -0.940. The normalized spacial score (nSPS) is 19.3. The Morgan fingerprint density at radius 2 is 1.60 bits per heavy atom. The number of nitrogens with one attached hydrogen (secondary N) is 2. The van der Waals surface area contributed by atoms with E-state index >= 15 is 0 Å². The molecule has 2 heterocycles. The number of hydrogen-bond acceptors (Lipinski definition) is 5. The minimum Gasteiger partial charge on any atom is -0.379 e. The number of piperazine rings is 1. The molecule has 2 N–H and O–H groups in total. The minimum atomic E-state index is 0. The van der Waals surface area contributed by atoms with Crippen LogP contribution in [-0.4, -0.2) is 99.8 Å². The van der Waals surface area contributed by atoms with E-state index in [2.05, 4.69) is 63.6 Å². The van der Waals surface area contributed by atoms with Crippen molar-refractivity contribution in [3.05, 3.63) is 35.4 Å². The van der Waals surface area contributed by atoms with Crippen molar-refractivity contribution in [2.45, 2.75) is 20.0 Å². The lowest BCUT2D eigenvalue weighted by Gasteiger charge is -2.32. The average Bonchev–Trinajstić information content (AvgIpc) is 2.75.